The summed E-state index contributed by atoms with van der Waals surface area (Å²) in [4.78, 5) is 9.69. The molecule has 66 valence electrons. The van der Waals surface area contributed by atoms with Crippen molar-refractivity contribution in [3.63, 3.8) is 0 Å². The number of carbonyl (C=O) groups excluding carboxylic acids is 1. The number of allylic oxidation sites excluding steroid dienone is 2. The Bertz CT molecular complexity index is 201. The van der Waals surface area contributed by atoms with Crippen molar-refractivity contribution in [3.8, 4) is 0 Å². The van der Waals surface area contributed by atoms with E-state index in [1.54, 1.807) is 0 Å². The van der Waals surface area contributed by atoms with Gasteiger partial charge in [0, 0.05) is 33.2 Å². The molecule has 1 amide bonds. The van der Waals surface area contributed by atoms with E-state index < -0.39 is 5.83 Å². The van der Waals surface area contributed by atoms with Crippen LogP contribution in [0.25, 0.3) is 0 Å². The number of amides is 1. The summed E-state index contributed by atoms with van der Waals surface area (Å²) < 4.78 is 12.6. The Balaban J connectivity index is 0. The van der Waals surface area contributed by atoms with Crippen LogP contribution in [0.4, 0.5) is 4.39 Å². The SMILES string of the molecule is C=C/C(F)=C(\C=C)CN[C-]=O.[W]. The summed E-state index contributed by atoms with van der Waals surface area (Å²) in [5.74, 6) is -0.484. The van der Waals surface area contributed by atoms with Crippen LogP contribution in [0.2, 0.25) is 0 Å². The molecule has 0 rings (SSSR count). The first-order chi connectivity index (χ1) is 5.26. The number of hydrogen-bond donors (Lipinski definition) is 1. The summed E-state index contributed by atoms with van der Waals surface area (Å²) in [5.41, 5.74) is 0.295. The molecule has 0 aliphatic heterocycles. The third-order valence-corrected chi connectivity index (χ3v) is 1.08. The van der Waals surface area contributed by atoms with Crippen LogP contribution in [0.15, 0.2) is 36.7 Å². The van der Waals surface area contributed by atoms with E-state index in [-0.39, 0.29) is 27.6 Å². The summed E-state index contributed by atoms with van der Waals surface area (Å²) in [6, 6.07) is 0. The first-order valence-corrected chi connectivity index (χ1v) is 2.99. The van der Waals surface area contributed by atoms with E-state index in [2.05, 4.69) is 18.5 Å². The van der Waals surface area contributed by atoms with Crippen molar-refractivity contribution in [3.05, 3.63) is 36.7 Å². The van der Waals surface area contributed by atoms with Gasteiger partial charge in [-0.3, -0.25) is 0 Å². The average Bonchev–Trinajstić information content (AvgIpc) is 2.05. The van der Waals surface area contributed by atoms with Crippen LogP contribution in [-0.4, -0.2) is 13.0 Å². The predicted octanol–water partition coefficient (Wildman–Crippen LogP) is 1.24. The summed E-state index contributed by atoms with van der Waals surface area (Å²) in [5, 5.41) is 2.19. The van der Waals surface area contributed by atoms with Gasteiger partial charge in [0.15, 0.2) is 0 Å². The van der Waals surface area contributed by atoms with E-state index in [0.717, 1.165) is 6.08 Å². The molecule has 2 nitrogen and oxygen atoms in total. The molecule has 4 heteroatoms. The van der Waals surface area contributed by atoms with Crippen LogP contribution in [0.1, 0.15) is 0 Å². The van der Waals surface area contributed by atoms with Gasteiger partial charge in [-0.15, -0.1) is 0 Å². The summed E-state index contributed by atoms with van der Waals surface area (Å²) >= 11 is 0. The van der Waals surface area contributed by atoms with Crippen molar-refractivity contribution in [1.82, 2.24) is 5.32 Å². The Labute approximate surface area is 85.5 Å². The van der Waals surface area contributed by atoms with E-state index in [4.69, 9.17) is 0 Å². The molecule has 1 N–H and O–H groups in total. The molecule has 0 spiro atoms. The average molecular weight is 338 g/mol. The van der Waals surface area contributed by atoms with Gasteiger partial charge in [0.05, 0.1) is 0 Å². The van der Waals surface area contributed by atoms with Crippen LogP contribution in [-0.2, 0) is 25.9 Å². The van der Waals surface area contributed by atoms with Gasteiger partial charge in [-0.25, -0.2) is 4.39 Å². The minimum Gasteiger partial charge on any atom is -0.526 e. The molecule has 0 atom stereocenters. The summed E-state index contributed by atoms with van der Waals surface area (Å²) in [7, 11) is 0. The predicted molar refractivity (Wildman–Crippen MR) is 42.2 cm³/mol. The minimum absolute atomic E-state index is 0. The van der Waals surface area contributed by atoms with Gasteiger partial charge in [-0.2, -0.15) is 6.41 Å². The first kappa shape index (κ1) is 13.9. The van der Waals surface area contributed by atoms with Gasteiger partial charge in [-0.1, -0.05) is 19.2 Å². The largest absolute Gasteiger partial charge is 0.526 e. The fraction of sp³-hybridized carbons (Fsp3) is 0.125. The standard InChI is InChI=1S/C8H9FNO.W/c1-3-7(5-10-6-11)8(9)4-2;/h3-4H,1-2,5H2,(H,10,11);/q-1;/b8-7-;. The third kappa shape index (κ3) is 5.02. The molecule has 0 saturated carbocycles. The topological polar surface area (TPSA) is 29.1 Å². The molecule has 0 unspecified atom stereocenters. The van der Waals surface area contributed by atoms with Crippen molar-refractivity contribution >= 4 is 6.41 Å². The maximum Gasteiger partial charge on any atom is 0.127 e. The molecule has 0 fully saturated rings. The summed E-state index contributed by atoms with van der Waals surface area (Å²) in [6.07, 6.45) is 3.81. The van der Waals surface area contributed by atoms with Crippen LogP contribution < -0.4 is 5.32 Å². The van der Waals surface area contributed by atoms with Crippen LogP contribution in [0.3, 0.4) is 0 Å². The Morgan fingerprint density at radius 1 is 1.50 bits per heavy atom. The van der Waals surface area contributed by atoms with E-state index >= 15 is 0 Å². The molecule has 12 heavy (non-hydrogen) atoms. The second-order valence-electron chi connectivity index (χ2n) is 1.74. The van der Waals surface area contributed by atoms with Gasteiger partial charge >= 0.3 is 0 Å². The van der Waals surface area contributed by atoms with Crippen LogP contribution in [0.5, 0.6) is 0 Å². The molecule has 0 saturated heterocycles. The van der Waals surface area contributed by atoms with Gasteiger partial charge in [0.25, 0.3) is 0 Å². The van der Waals surface area contributed by atoms with Gasteiger partial charge < -0.3 is 10.1 Å². The zero-order valence-electron chi connectivity index (χ0n) is 6.47. The third-order valence-electron chi connectivity index (χ3n) is 1.08. The fourth-order valence-electron chi connectivity index (χ4n) is 0.517. The minimum atomic E-state index is -0.484. The Morgan fingerprint density at radius 3 is 2.42 bits per heavy atom. The van der Waals surface area contributed by atoms with Crippen molar-refractivity contribution in [2.75, 3.05) is 6.54 Å². The quantitative estimate of drug-likeness (QED) is 0.456. The first-order valence-electron chi connectivity index (χ1n) is 2.99. The zero-order chi connectivity index (χ0) is 8.69. The van der Waals surface area contributed by atoms with E-state index in [0.29, 0.717) is 5.57 Å². The number of hydrogen-bond acceptors (Lipinski definition) is 1. The molecule has 0 radical (unpaired) electrons. The molecule has 0 aromatic carbocycles. The number of rotatable bonds is 5. The Morgan fingerprint density at radius 2 is 2.08 bits per heavy atom. The maximum absolute atomic E-state index is 12.6. The number of halogens is 1. The second-order valence-corrected chi connectivity index (χ2v) is 1.74. The molecular formula is C8H9FNOW-. The smallest absolute Gasteiger partial charge is 0.127 e. The van der Waals surface area contributed by atoms with Crippen LogP contribution in [0, 0.1) is 0 Å². The number of nitrogens with one attached hydrogen (secondary N) is 1. The molecule has 0 bridgehead atoms. The Kier molecular flexibility index (Phi) is 9.71. The van der Waals surface area contributed by atoms with Crippen molar-refractivity contribution in [1.29, 1.82) is 0 Å². The monoisotopic (exact) mass is 338 g/mol. The van der Waals surface area contributed by atoms with Gasteiger partial charge in [0.2, 0.25) is 0 Å². The molecular weight excluding hydrogens is 329 g/mol. The van der Waals surface area contributed by atoms with Crippen molar-refractivity contribution < 1.29 is 30.3 Å². The fourth-order valence-corrected chi connectivity index (χ4v) is 0.517. The zero-order valence-corrected chi connectivity index (χ0v) is 9.40. The van der Waals surface area contributed by atoms with Crippen molar-refractivity contribution in [2.24, 2.45) is 0 Å². The van der Waals surface area contributed by atoms with Gasteiger partial charge in [0.1, 0.15) is 5.83 Å². The molecule has 0 aromatic rings. The molecule has 0 aliphatic rings. The normalized spacial score (nSPS) is 10.4. The molecule has 0 aromatic heterocycles. The summed E-state index contributed by atoms with van der Waals surface area (Å²) in [6.45, 7) is 6.69. The van der Waals surface area contributed by atoms with E-state index in [1.807, 2.05) is 0 Å². The van der Waals surface area contributed by atoms with Crippen LogP contribution >= 0.6 is 0 Å². The second kappa shape index (κ2) is 8.41. The van der Waals surface area contributed by atoms with E-state index in [9.17, 15) is 9.18 Å². The van der Waals surface area contributed by atoms with Crippen molar-refractivity contribution in [2.45, 2.75) is 0 Å². The van der Waals surface area contributed by atoms with Gasteiger partial charge in [-0.05, 0) is 6.08 Å². The molecule has 0 aliphatic carbocycles. The van der Waals surface area contributed by atoms with E-state index in [1.165, 1.54) is 12.5 Å². The Hall–Kier alpha value is -0.692. The molecule has 0 heterocycles. The maximum atomic E-state index is 12.6.